The van der Waals surface area contributed by atoms with Gasteiger partial charge in [0.05, 0.1) is 12.8 Å². The number of anilines is 3. The number of benzene rings is 2. The number of aromatic nitrogens is 3. The number of aliphatic hydroxyl groups is 1. The maximum absolute atomic E-state index is 9.79. The summed E-state index contributed by atoms with van der Waals surface area (Å²) < 4.78 is 2.00. The molecular weight excluding hydrogens is 366 g/mol. The average Bonchev–Trinajstić information content (AvgIpc) is 3.23. The highest BCUT2D eigenvalue weighted by atomic mass is 16.3. The summed E-state index contributed by atoms with van der Waals surface area (Å²) in [6.07, 6.45) is 5.57. The zero-order valence-electron chi connectivity index (χ0n) is 16.2. The third-order valence-electron chi connectivity index (χ3n) is 4.87. The maximum atomic E-state index is 9.79. The van der Waals surface area contributed by atoms with Gasteiger partial charge in [-0.2, -0.15) is 4.40 Å². The Balaban J connectivity index is 1.63. The van der Waals surface area contributed by atoms with Crippen LogP contribution in [0.15, 0.2) is 67.1 Å². The first-order valence-electron chi connectivity index (χ1n) is 9.59. The van der Waals surface area contributed by atoms with Crippen LogP contribution in [0.25, 0.3) is 16.9 Å². The summed E-state index contributed by atoms with van der Waals surface area (Å²) in [5.41, 5.74) is 4.57. The lowest BCUT2D eigenvalue weighted by Crippen LogP contribution is -2.26. The molecule has 29 heavy (non-hydrogen) atoms. The highest BCUT2D eigenvalue weighted by Gasteiger charge is 2.17. The van der Waals surface area contributed by atoms with Crippen LogP contribution < -0.4 is 14.6 Å². The number of hydrogen-bond donors (Lipinski definition) is 4. The Hall–Kier alpha value is -3.58. The standard InChI is InChI=1S/C22H23N5O2/c1-2-26(12-13-28)18-8-6-17(7-9-18)25-21-22-23-10-11-27(22)20(15-24-21)16-4-3-5-19(29)14-16/h3-11,14-15,28H,2,12-13H2,1H3,(H2,24,25,29)/p+1. The van der Waals surface area contributed by atoms with Crippen LogP contribution in [-0.4, -0.2) is 39.9 Å². The van der Waals surface area contributed by atoms with E-state index in [9.17, 15) is 10.2 Å². The minimum atomic E-state index is 0.130. The van der Waals surface area contributed by atoms with Gasteiger partial charge < -0.3 is 20.4 Å². The van der Waals surface area contributed by atoms with E-state index < -0.39 is 0 Å². The van der Waals surface area contributed by atoms with E-state index in [0.29, 0.717) is 12.4 Å². The van der Waals surface area contributed by atoms with Crippen molar-refractivity contribution < 1.29 is 14.6 Å². The molecule has 0 amide bonds. The van der Waals surface area contributed by atoms with Crippen molar-refractivity contribution in [2.45, 2.75) is 6.92 Å². The van der Waals surface area contributed by atoms with Gasteiger partial charge in [-0.25, -0.2) is 9.97 Å². The molecule has 0 atom stereocenters. The van der Waals surface area contributed by atoms with E-state index in [4.69, 9.17) is 0 Å². The van der Waals surface area contributed by atoms with Crippen molar-refractivity contribution in [3.63, 3.8) is 0 Å². The minimum absolute atomic E-state index is 0.130. The Kier molecular flexibility index (Phi) is 5.31. The number of phenols is 1. The second-order valence-electron chi connectivity index (χ2n) is 6.70. The SMILES string of the molecule is CCN(CCO)c1ccc(Nc2ncc(-c3cccc(O)c3)[n+]3cc[nH]c23)cc1. The predicted octanol–water partition coefficient (Wildman–Crippen LogP) is 3.08. The van der Waals surface area contributed by atoms with Gasteiger partial charge in [-0.15, -0.1) is 0 Å². The van der Waals surface area contributed by atoms with Gasteiger partial charge >= 0.3 is 5.65 Å². The zero-order valence-corrected chi connectivity index (χ0v) is 16.2. The fraction of sp³-hybridized carbons (Fsp3) is 0.182. The van der Waals surface area contributed by atoms with Crippen LogP contribution in [0.3, 0.4) is 0 Å². The molecule has 2 aromatic carbocycles. The van der Waals surface area contributed by atoms with Crippen LogP contribution in [0, 0.1) is 0 Å². The molecule has 7 nitrogen and oxygen atoms in total. The molecule has 4 rings (SSSR count). The van der Waals surface area contributed by atoms with Gasteiger partial charge in [-0.05, 0) is 43.3 Å². The molecule has 0 aliphatic rings. The van der Waals surface area contributed by atoms with E-state index >= 15 is 0 Å². The number of imidazole rings is 1. The van der Waals surface area contributed by atoms with E-state index in [1.807, 2.05) is 53.2 Å². The lowest BCUT2D eigenvalue weighted by Gasteiger charge is -2.22. The monoisotopic (exact) mass is 390 g/mol. The lowest BCUT2D eigenvalue weighted by atomic mass is 10.1. The second kappa shape index (κ2) is 8.20. The molecule has 0 radical (unpaired) electrons. The van der Waals surface area contributed by atoms with E-state index in [0.717, 1.165) is 34.8 Å². The van der Waals surface area contributed by atoms with Gasteiger partial charge in [0.1, 0.15) is 18.1 Å². The quantitative estimate of drug-likeness (QED) is 0.364. The summed E-state index contributed by atoms with van der Waals surface area (Å²) in [5, 5.41) is 22.3. The number of aromatic hydroxyl groups is 1. The van der Waals surface area contributed by atoms with Gasteiger partial charge in [-0.1, -0.05) is 12.1 Å². The van der Waals surface area contributed by atoms with E-state index in [1.54, 1.807) is 18.3 Å². The molecule has 7 heteroatoms. The van der Waals surface area contributed by atoms with Gasteiger partial charge in [0, 0.05) is 30.0 Å². The molecule has 0 saturated heterocycles. The number of rotatable bonds is 7. The van der Waals surface area contributed by atoms with E-state index in [2.05, 4.69) is 27.1 Å². The van der Waals surface area contributed by atoms with E-state index in [1.165, 1.54) is 0 Å². The molecule has 0 saturated carbocycles. The van der Waals surface area contributed by atoms with Crippen LogP contribution in [0.4, 0.5) is 17.2 Å². The van der Waals surface area contributed by atoms with Gasteiger partial charge in [0.2, 0.25) is 5.82 Å². The fourth-order valence-electron chi connectivity index (χ4n) is 3.42. The van der Waals surface area contributed by atoms with Crippen LogP contribution in [0.2, 0.25) is 0 Å². The number of aliphatic hydroxyl groups excluding tert-OH is 1. The van der Waals surface area contributed by atoms with Crippen molar-refractivity contribution in [2.24, 2.45) is 0 Å². The molecular formula is C22H24N5O2+. The molecule has 0 aliphatic heterocycles. The van der Waals surface area contributed by atoms with Gasteiger partial charge in [-0.3, -0.25) is 0 Å². The first-order valence-corrected chi connectivity index (χ1v) is 9.59. The number of aromatic amines is 1. The van der Waals surface area contributed by atoms with Crippen molar-refractivity contribution >= 4 is 22.8 Å². The van der Waals surface area contributed by atoms with Crippen molar-refractivity contribution in [3.05, 3.63) is 67.1 Å². The van der Waals surface area contributed by atoms with Crippen LogP contribution >= 0.6 is 0 Å². The summed E-state index contributed by atoms with van der Waals surface area (Å²) >= 11 is 0. The minimum Gasteiger partial charge on any atom is -0.508 e. The number of H-pyrrole nitrogens is 1. The zero-order chi connectivity index (χ0) is 20.2. The number of likely N-dealkylation sites (N-methyl/N-ethyl adjacent to an activating group) is 1. The molecule has 4 N–H and O–H groups in total. The van der Waals surface area contributed by atoms with Crippen molar-refractivity contribution in [3.8, 4) is 17.0 Å². The number of nitrogens with one attached hydrogen (secondary N) is 2. The molecule has 148 valence electrons. The third-order valence-corrected chi connectivity index (χ3v) is 4.87. The van der Waals surface area contributed by atoms with E-state index in [-0.39, 0.29) is 12.4 Å². The topological polar surface area (TPSA) is 88.5 Å². The molecule has 0 bridgehead atoms. The Morgan fingerprint density at radius 3 is 2.72 bits per heavy atom. The van der Waals surface area contributed by atoms with Gasteiger partial charge in [0.25, 0.3) is 0 Å². The van der Waals surface area contributed by atoms with Crippen LogP contribution in [0.1, 0.15) is 6.92 Å². The summed E-state index contributed by atoms with van der Waals surface area (Å²) in [5.74, 6) is 0.922. The number of phenolic OH excluding ortho intramolecular Hbond substituents is 1. The average molecular weight is 390 g/mol. The van der Waals surface area contributed by atoms with Crippen molar-refractivity contribution in [1.82, 2.24) is 9.97 Å². The highest BCUT2D eigenvalue weighted by molar-refractivity contribution is 5.70. The highest BCUT2D eigenvalue weighted by Crippen LogP contribution is 2.24. The lowest BCUT2D eigenvalue weighted by molar-refractivity contribution is -0.497. The molecule has 2 heterocycles. The molecule has 4 aromatic rings. The Labute approximate surface area is 168 Å². The van der Waals surface area contributed by atoms with Crippen molar-refractivity contribution in [1.29, 1.82) is 0 Å². The molecule has 0 spiro atoms. The first-order chi connectivity index (χ1) is 14.2. The predicted molar refractivity (Wildman–Crippen MR) is 114 cm³/mol. The second-order valence-corrected chi connectivity index (χ2v) is 6.70. The molecule has 0 fully saturated rings. The largest absolute Gasteiger partial charge is 0.508 e. The first kappa shape index (κ1) is 18.8. The normalized spacial score (nSPS) is 11.0. The molecule has 0 unspecified atom stereocenters. The number of hydrogen-bond acceptors (Lipinski definition) is 5. The third kappa shape index (κ3) is 3.86. The Morgan fingerprint density at radius 2 is 2.00 bits per heavy atom. The fourth-order valence-corrected chi connectivity index (χ4v) is 3.42. The van der Waals surface area contributed by atoms with Gasteiger partial charge in [0.15, 0.2) is 5.69 Å². The number of nitrogens with zero attached hydrogens (tertiary/aromatic N) is 3. The molecule has 0 aliphatic carbocycles. The summed E-state index contributed by atoms with van der Waals surface area (Å²) in [6.45, 7) is 3.65. The molecule has 2 aromatic heterocycles. The van der Waals surface area contributed by atoms with Crippen molar-refractivity contribution in [2.75, 3.05) is 29.9 Å². The Bertz CT molecular complexity index is 1110. The smallest absolute Gasteiger partial charge is 0.328 e. The van der Waals surface area contributed by atoms with Crippen LogP contribution in [-0.2, 0) is 0 Å². The summed E-state index contributed by atoms with van der Waals surface area (Å²) in [7, 11) is 0. The maximum Gasteiger partial charge on any atom is 0.328 e. The summed E-state index contributed by atoms with van der Waals surface area (Å²) in [6, 6.07) is 15.2. The Morgan fingerprint density at radius 1 is 1.17 bits per heavy atom. The number of fused-ring (bicyclic) bond motifs is 1. The van der Waals surface area contributed by atoms with Crippen LogP contribution in [0.5, 0.6) is 5.75 Å². The summed E-state index contributed by atoms with van der Waals surface area (Å²) in [4.78, 5) is 9.94.